The van der Waals surface area contributed by atoms with Crippen molar-refractivity contribution in [2.75, 3.05) is 0 Å². The third-order valence-electron chi connectivity index (χ3n) is 8.71. The molecule has 44 heavy (non-hydrogen) atoms. The van der Waals surface area contributed by atoms with Gasteiger partial charge in [0.25, 0.3) is 0 Å². The zero-order valence-electron chi connectivity index (χ0n) is 23.9. The monoisotopic (exact) mass is 585 g/mol. The highest BCUT2D eigenvalue weighted by atomic mass is 32.1. The van der Waals surface area contributed by atoms with Crippen LogP contribution in [0, 0.1) is 0 Å². The van der Waals surface area contributed by atoms with Crippen molar-refractivity contribution in [1.29, 1.82) is 0 Å². The molecular formula is C38H27N5S. The predicted molar refractivity (Wildman–Crippen MR) is 182 cm³/mol. The Labute approximate surface area is 258 Å². The van der Waals surface area contributed by atoms with Gasteiger partial charge >= 0.3 is 0 Å². The first-order chi connectivity index (χ1) is 21.8. The van der Waals surface area contributed by atoms with Gasteiger partial charge in [0.15, 0.2) is 11.6 Å². The standard InChI is InChI=1S/C38H27N5S/c1-4-13-24(14-5-1)27-20-12-21-29-32-35(44-34(27)29)33-30(23-39-32)28-19-10-11-22-31(28)43(33)38-41-36(25-15-6-2-7-16-25)40-37(42-38)26-17-8-3-9-18-26/h1-8,10-13,15-17,19-24H,9,14,18H2. The molecule has 6 heteroatoms. The molecule has 210 valence electrons. The van der Waals surface area contributed by atoms with Gasteiger partial charge < -0.3 is 0 Å². The van der Waals surface area contributed by atoms with Gasteiger partial charge in [-0.1, -0.05) is 109 Å². The number of fused-ring (bicyclic) bond motifs is 7. The first kappa shape index (κ1) is 25.3. The van der Waals surface area contributed by atoms with Crippen LogP contribution >= 0.6 is 11.3 Å². The third-order valence-corrected chi connectivity index (χ3v) is 9.96. The minimum Gasteiger partial charge on any atom is -0.276 e. The summed E-state index contributed by atoms with van der Waals surface area (Å²) in [4.78, 5) is 20.4. The molecule has 3 aromatic carbocycles. The quantitative estimate of drug-likeness (QED) is 0.206. The van der Waals surface area contributed by atoms with Crippen molar-refractivity contribution in [2.24, 2.45) is 0 Å². The topological polar surface area (TPSA) is 56.5 Å². The summed E-state index contributed by atoms with van der Waals surface area (Å²) in [5.74, 6) is 2.38. The highest BCUT2D eigenvalue weighted by Gasteiger charge is 2.23. The van der Waals surface area contributed by atoms with E-state index in [1.165, 1.54) is 15.6 Å². The van der Waals surface area contributed by atoms with Gasteiger partial charge in [0.05, 0.1) is 21.3 Å². The fourth-order valence-electron chi connectivity index (χ4n) is 6.59. The second-order valence-corrected chi connectivity index (χ2v) is 12.4. The molecule has 4 heterocycles. The summed E-state index contributed by atoms with van der Waals surface area (Å²) in [6.45, 7) is 0. The average molecular weight is 586 g/mol. The van der Waals surface area contributed by atoms with Crippen molar-refractivity contribution in [3.05, 3.63) is 133 Å². The number of allylic oxidation sites excluding steroid dienone is 8. The van der Waals surface area contributed by atoms with E-state index in [-0.39, 0.29) is 0 Å². The molecule has 2 aliphatic carbocycles. The first-order valence-electron chi connectivity index (χ1n) is 15.1. The number of nitrogens with zero attached hydrogens (tertiary/aromatic N) is 5. The highest BCUT2D eigenvalue weighted by Crippen LogP contribution is 2.44. The Bertz CT molecular complexity index is 2370. The van der Waals surface area contributed by atoms with E-state index in [0.717, 1.165) is 68.2 Å². The highest BCUT2D eigenvalue weighted by molar-refractivity contribution is 7.26. The van der Waals surface area contributed by atoms with Gasteiger partial charge in [-0.25, -0.2) is 4.98 Å². The Kier molecular flexibility index (Phi) is 5.87. The average Bonchev–Trinajstić information content (AvgIpc) is 3.65. The van der Waals surface area contributed by atoms with Crippen LogP contribution in [-0.2, 0) is 0 Å². The molecule has 0 saturated heterocycles. The summed E-state index contributed by atoms with van der Waals surface area (Å²) in [7, 11) is 0. The molecule has 0 saturated carbocycles. The molecule has 5 nitrogen and oxygen atoms in total. The molecule has 4 aromatic heterocycles. The van der Waals surface area contributed by atoms with Crippen molar-refractivity contribution >= 4 is 59.0 Å². The maximum absolute atomic E-state index is 5.18. The summed E-state index contributed by atoms with van der Waals surface area (Å²) < 4.78 is 4.69. The van der Waals surface area contributed by atoms with Crippen molar-refractivity contribution in [3.63, 3.8) is 0 Å². The summed E-state index contributed by atoms with van der Waals surface area (Å²) in [6.07, 6.45) is 20.2. The summed E-state index contributed by atoms with van der Waals surface area (Å²) in [6, 6.07) is 25.4. The fourth-order valence-corrected chi connectivity index (χ4v) is 7.96. The molecule has 0 spiro atoms. The van der Waals surface area contributed by atoms with Crippen LogP contribution in [0.5, 0.6) is 0 Å². The molecule has 0 radical (unpaired) electrons. The molecule has 7 aromatic rings. The lowest BCUT2D eigenvalue weighted by Crippen LogP contribution is -2.08. The number of benzene rings is 3. The zero-order valence-corrected chi connectivity index (χ0v) is 24.7. The van der Waals surface area contributed by atoms with Gasteiger partial charge in [0.1, 0.15) is 0 Å². The van der Waals surface area contributed by atoms with Crippen LogP contribution in [0.1, 0.15) is 36.6 Å². The fraction of sp³-hybridized carbons (Fsp3) is 0.105. The van der Waals surface area contributed by atoms with E-state index in [4.69, 9.17) is 19.9 Å². The van der Waals surface area contributed by atoms with Gasteiger partial charge in [-0.05, 0) is 36.5 Å². The Balaban J connectivity index is 1.38. The Morgan fingerprint density at radius 2 is 1.59 bits per heavy atom. The SMILES string of the molecule is C1=CCCC(c2nc(-c3ccccc3)nc(-n3c4ccccc4c4cnc5c6cccc(C7C=CC=CC7)c6sc5c43)n2)=C1. The Hall–Kier alpha value is -5.20. The largest absolute Gasteiger partial charge is 0.276 e. The van der Waals surface area contributed by atoms with Gasteiger partial charge in [-0.3, -0.25) is 9.55 Å². The molecule has 2 aliphatic rings. The van der Waals surface area contributed by atoms with E-state index in [2.05, 4.69) is 102 Å². The first-order valence-corrected chi connectivity index (χ1v) is 15.9. The van der Waals surface area contributed by atoms with Crippen LogP contribution < -0.4 is 0 Å². The molecule has 0 amide bonds. The van der Waals surface area contributed by atoms with Crippen LogP contribution in [0.4, 0.5) is 0 Å². The number of para-hydroxylation sites is 1. The number of pyridine rings is 1. The summed E-state index contributed by atoms with van der Waals surface area (Å²) in [5, 5.41) is 3.44. The van der Waals surface area contributed by atoms with E-state index in [1.807, 2.05) is 35.7 Å². The van der Waals surface area contributed by atoms with Crippen LogP contribution in [0.2, 0.25) is 0 Å². The maximum atomic E-state index is 5.18. The van der Waals surface area contributed by atoms with Gasteiger partial charge in [-0.15, -0.1) is 11.3 Å². The number of aromatic nitrogens is 5. The minimum atomic E-state index is 0.357. The second-order valence-electron chi connectivity index (χ2n) is 11.3. The molecule has 0 N–H and O–H groups in total. The summed E-state index contributed by atoms with van der Waals surface area (Å²) in [5.41, 5.74) is 6.63. The predicted octanol–water partition coefficient (Wildman–Crippen LogP) is 9.73. The van der Waals surface area contributed by atoms with Gasteiger partial charge in [0.2, 0.25) is 5.95 Å². The van der Waals surface area contributed by atoms with Crippen LogP contribution in [0.3, 0.4) is 0 Å². The maximum Gasteiger partial charge on any atom is 0.238 e. The molecule has 0 fully saturated rings. The van der Waals surface area contributed by atoms with E-state index in [9.17, 15) is 0 Å². The number of rotatable bonds is 4. The number of hydrogen-bond acceptors (Lipinski definition) is 5. The van der Waals surface area contributed by atoms with E-state index >= 15 is 0 Å². The molecule has 0 aliphatic heterocycles. The molecular weight excluding hydrogens is 559 g/mol. The lowest BCUT2D eigenvalue weighted by Gasteiger charge is -2.14. The van der Waals surface area contributed by atoms with Gasteiger partial charge in [0, 0.05) is 38.5 Å². The molecule has 9 rings (SSSR count). The minimum absolute atomic E-state index is 0.357. The van der Waals surface area contributed by atoms with Crippen molar-refractivity contribution in [1.82, 2.24) is 24.5 Å². The number of thiophene rings is 1. The smallest absolute Gasteiger partial charge is 0.238 e. The normalized spacial score (nSPS) is 16.5. The van der Waals surface area contributed by atoms with E-state index in [0.29, 0.717) is 17.7 Å². The van der Waals surface area contributed by atoms with E-state index < -0.39 is 0 Å². The second kappa shape index (κ2) is 10.2. The number of hydrogen-bond donors (Lipinski definition) is 0. The van der Waals surface area contributed by atoms with Crippen LogP contribution in [0.15, 0.2) is 122 Å². The van der Waals surface area contributed by atoms with Crippen LogP contribution in [0.25, 0.3) is 65.0 Å². The molecule has 0 bridgehead atoms. The van der Waals surface area contributed by atoms with Gasteiger partial charge in [-0.2, -0.15) is 9.97 Å². The van der Waals surface area contributed by atoms with Crippen molar-refractivity contribution in [2.45, 2.75) is 25.2 Å². The Morgan fingerprint density at radius 1 is 0.727 bits per heavy atom. The van der Waals surface area contributed by atoms with Crippen molar-refractivity contribution < 1.29 is 0 Å². The third kappa shape index (κ3) is 3.98. The lowest BCUT2D eigenvalue weighted by molar-refractivity contribution is 0.863. The summed E-state index contributed by atoms with van der Waals surface area (Å²) >= 11 is 1.84. The van der Waals surface area contributed by atoms with E-state index in [1.54, 1.807) is 0 Å². The van der Waals surface area contributed by atoms with Crippen LogP contribution in [-0.4, -0.2) is 24.5 Å². The lowest BCUT2D eigenvalue weighted by atomic mass is 9.92. The van der Waals surface area contributed by atoms with Crippen molar-refractivity contribution in [3.8, 4) is 17.3 Å². The Morgan fingerprint density at radius 3 is 2.45 bits per heavy atom. The molecule has 1 atom stereocenters. The molecule has 1 unspecified atom stereocenters. The zero-order chi connectivity index (χ0) is 29.0.